The minimum absolute atomic E-state index is 0.0976. The molecular weight excluding hydrogens is 460 g/mol. The number of aryl methyl sites for hydroxylation is 2. The van der Waals surface area contributed by atoms with Crippen molar-refractivity contribution >= 4 is 17.4 Å². The number of rotatable bonds is 9. The van der Waals surface area contributed by atoms with E-state index in [0.29, 0.717) is 36.8 Å². The zero-order valence-corrected chi connectivity index (χ0v) is 21.5. The van der Waals surface area contributed by atoms with Crippen molar-refractivity contribution in [2.75, 3.05) is 0 Å². The maximum Gasteiger partial charge on any atom is 0.232 e. The Morgan fingerprint density at radius 1 is 0.892 bits per heavy atom. The lowest BCUT2D eigenvalue weighted by Gasteiger charge is -2.17. The van der Waals surface area contributed by atoms with Crippen LogP contribution < -0.4 is 10.1 Å². The predicted octanol–water partition coefficient (Wildman–Crippen LogP) is 6.26. The number of carbonyl (C=O) groups is 1. The van der Waals surface area contributed by atoms with E-state index in [9.17, 15) is 4.79 Å². The lowest BCUT2D eigenvalue weighted by atomic mass is 9.95. The van der Waals surface area contributed by atoms with E-state index >= 15 is 0 Å². The zero-order valence-electron chi connectivity index (χ0n) is 21.5. The summed E-state index contributed by atoms with van der Waals surface area (Å²) in [6, 6.07) is 29.3. The summed E-state index contributed by atoms with van der Waals surface area (Å²) in [6.07, 6.45) is 0.988. The van der Waals surface area contributed by atoms with E-state index in [1.165, 1.54) is 0 Å². The Kier molecular flexibility index (Phi) is 8.76. The lowest BCUT2D eigenvalue weighted by molar-refractivity contribution is -0.121. The van der Waals surface area contributed by atoms with Crippen LogP contribution in [0.3, 0.4) is 0 Å². The molecule has 0 aliphatic heterocycles. The Labute approximate surface area is 218 Å². The van der Waals surface area contributed by atoms with Crippen LogP contribution in [0.15, 0.2) is 96.0 Å². The summed E-state index contributed by atoms with van der Waals surface area (Å²) in [5.74, 6) is 1.50. The molecule has 0 radical (unpaired) electrons. The Morgan fingerprint density at radius 3 is 2.14 bits per heavy atom. The third-order valence-corrected chi connectivity index (χ3v) is 5.90. The van der Waals surface area contributed by atoms with E-state index in [1.807, 2.05) is 112 Å². The van der Waals surface area contributed by atoms with Crippen molar-refractivity contribution in [2.45, 2.75) is 46.1 Å². The van der Waals surface area contributed by atoms with Gasteiger partial charge in [-0.2, -0.15) is 0 Å². The number of amides is 1. The third kappa shape index (κ3) is 7.58. The quantitative estimate of drug-likeness (QED) is 0.221. The van der Waals surface area contributed by atoms with Gasteiger partial charge in [0.25, 0.3) is 0 Å². The normalized spacial score (nSPS) is 12.1. The molecule has 1 N–H and O–H groups in total. The first-order valence-corrected chi connectivity index (χ1v) is 12.5. The average molecular weight is 493 g/mol. The van der Waals surface area contributed by atoms with Gasteiger partial charge in [0.1, 0.15) is 24.0 Å². The summed E-state index contributed by atoms with van der Waals surface area (Å²) in [6.45, 7) is 6.37. The fourth-order valence-electron chi connectivity index (χ4n) is 4.14. The van der Waals surface area contributed by atoms with Gasteiger partial charge >= 0.3 is 0 Å². The second-order valence-electron chi connectivity index (χ2n) is 8.93. The van der Waals surface area contributed by atoms with Gasteiger partial charge in [0.15, 0.2) is 0 Å². The summed E-state index contributed by atoms with van der Waals surface area (Å²) in [7, 11) is 0. The SMILES string of the molecule is CCC(C(=O)NC(Cc1nc(C)cc(C)n1)=Nc1ccc(OCc2ccccc2)cc1)c1ccccc1. The fourth-order valence-corrected chi connectivity index (χ4v) is 4.14. The minimum atomic E-state index is -0.277. The largest absolute Gasteiger partial charge is 0.489 e. The highest BCUT2D eigenvalue weighted by Gasteiger charge is 2.20. The molecule has 1 heterocycles. The number of nitrogens with zero attached hydrogens (tertiary/aromatic N) is 3. The molecule has 0 saturated carbocycles. The molecule has 0 spiro atoms. The summed E-state index contributed by atoms with van der Waals surface area (Å²) in [5, 5.41) is 3.06. The molecule has 3 aromatic carbocycles. The Hall–Kier alpha value is -4.32. The number of aromatic nitrogens is 2. The maximum atomic E-state index is 13.3. The molecule has 0 aliphatic rings. The van der Waals surface area contributed by atoms with Gasteiger partial charge in [0, 0.05) is 11.4 Å². The van der Waals surface area contributed by atoms with E-state index in [0.717, 1.165) is 28.3 Å². The van der Waals surface area contributed by atoms with Crippen molar-refractivity contribution in [1.29, 1.82) is 0 Å². The van der Waals surface area contributed by atoms with Crippen LogP contribution in [-0.4, -0.2) is 21.7 Å². The highest BCUT2D eigenvalue weighted by Crippen LogP contribution is 2.22. The number of nitrogens with one attached hydrogen (secondary N) is 1. The van der Waals surface area contributed by atoms with Crippen molar-refractivity contribution < 1.29 is 9.53 Å². The molecule has 1 unspecified atom stereocenters. The monoisotopic (exact) mass is 492 g/mol. The second kappa shape index (κ2) is 12.6. The highest BCUT2D eigenvalue weighted by molar-refractivity contribution is 6.02. The first kappa shape index (κ1) is 25.8. The molecule has 1 aromatic heterocycles. The molecule has 188 valence electrons. The van der Waals surface area contributed by atoms with Crippen molar-refractivity contribution in [3.8, 4) is 5.75 Å². The van der Waals surface area contributed by atoms with Crippen molar-refractivity contribution in [2.24, 2.45) is 4.99 Å². The van der Waals surface area contributed by atoms with Crippen molar-refractivity contribution in [3.63, 3.8) is 0 Å². The number of aliphatic imine (C=N–C) groups is 1. The number of carbonyl (C=O) groups excluding carboxylic acids is 1. The maximum absolute atomic E-state index is 13.3. The van der Waals surface area contributed by atoms with E-state index in [1.54, 1.807) is 0 Å². The van der Waals surface area contributed by atoms with Crippen LogP contribution in [0.25, 0.3) is 0 Å². The number of ether oxygens (including phenoxy) is 1. The van der Waals surface area contributed by atoms with Gasteiger partial charge < -0.3 is 10.1 Å². The second-order valence-corrected chi connectivity index (χ2v) is 8.93. The number of benzene rings is 3. The molecule has 0 bridgehead atoms. The van der Waals surface area contributed by atoms with Gasteiger partial charge in [0.2, 0.25) is 5.91 Å². The summed E-state index contributed by atoms with van der Waals surface area (Å²) in [5.41, 5.74) is 4.54. The van der Waals surface area contributed by atoms with Crippen molar-refractivity contribution in [3.05, 3.63) is 119 Å². The van der Waals surface area contributed by atoms with E-state index in [-0.39, 0.29) is 11.8 Å². The standard InChI is InChI=1S/C31H32N4O2/c1-4-28(25-13-9-6-10-14-25)31(36)35-30(20-29-32-22(2)19-23(3)33-29)34-26-15-17-27(18-16-26)37-21-24-11-7-5-8-12-24/h5-19,28H,4,20-21H2,1-3H3,(H,34,35,36). The molecule has 4 aromatic rings. The van der Waals surface area contributed by atoms with Gasteiger partial charge in [-0.15, -0.1) is 0 Å². The Balaban J connectivity index is 1.54. The summed E-state index contributed by atoms with van der Waals surface area (Å²) >= 11 is 0. The van der Waals surface area contributed by atoms with Crippen molar-refractivity contribution in [1.82, 2.24) is 15.3 Å². The van der Waals surface area contributed by atoms with Gasteiger partial charge in [-0.1, -0.05) is 67.6 Å². The molecule has 37 heavy (non-hydrogen) atoms. The fraction of sp³-hybridized carbons (Fsp3) is 0.226. The van der Waals surface area contributed by atoms with Gasteiger partial charge in [0.05, 0.1) is 18.0 Å². The predicted molar refractivity (Wildman–Crippen MR) is 147 cm³/mol. The van der Waals surface area contributed by atoms with Crippen LogP contribution in [0.1, 0.15) is 47.6 Å². The van der Waals surface area contributed by atoms with Gasteiger partial charge in [-0.05, 0) is 61.7 Å². The third-order valence-electron chi connectivity index (χ3n) is 5.90. The molecule has 6 nitrogen and oxygen atoms in total. The van der Waals surface area contributed by atoms with Crippen LogP contribution in [0.2, 0.25) is 0 Å². The first-order chi connectivity index (χ1) is 18.0. The lowest BCUT2D eigenvalue weighted by Crippen LogP contribution is -2.36. The van der Waals surface area contributed by atoms with Crippen LogP contribution in [0, 0.1) is 13.8 Å². The Bertz CT molecular complexity index is 1320. The summed E-state index contributed by atoms with van der Waals surface area (Å²) < 4.78 is 5.90. The molecule has 1 amide bonds. The van der Waals surface area contributed by atoms with Crippen LogP contribution in [-0.2, 0) is 17.8 Å². The zero-order chi connectivity index (χ0) is 26.0. The molecule has 0 saturated heterocycles. The van der Waals surface area contributed by atoms with E-state index < -0.39 is 0 Å². The van der Waals surface area contributed by atoms with E-state index in [2.05, 4.69) is 15.3 Å². The van der Waals surface area contributed by atoms with Crippen LogP contribution >= 0.6 is 0 Å². The molecule has 0 aliphatic carbocycles. The van der Waals surface area contributed by atoms with Gasteiger partial charge in [-0.3, -0.25) is 4.79 Å². The number of amidine groups is 1. The molecule has 1 atom stereocenters. The molecular formula is C31H32N4O2. The van der Waals surface area contributed by atoms with Crippen LogP contribution in [0.5, 0.6) is 5.75 Å². The highest BCUT2D eigenvalue weighted by atomic mass is 16.5. The topological polar surface area (TPSA) is 76.5 Å². The van der Waals surface area contributed by atoms with E-state index in [4.69, 9.17) is 9.73 Å². The molecule has 6 heteroatoms. The van der Waals surface area contributed by atoms with Gasteiger partial charge in [-0.25, -0.2) is 15.0 Å². The first-order valence-electron chi connectivity index (χ1n) is 12.5. The minimum Gasteiger partial charge on any atom is -0.489 e. The van der Waals surface area contributed by atoms with Crippen LogP contribution in [0.4, 0.5) is 5.69 Å². The smallest absolute Gasteiger partial charge is 0.232 e. The average Bonchev–Trinajstić information content (AvgIpc) is 2.89. The Morgan fingerprint density at radius 2 is 1.51 bits per heavy atom. The molecule has 0 fully saturated rings. The molecule has 4 rings (SSSR count). The number of hydrogen-bond acceptors (Lipinski definition) is 5. The number of hydrogen-bond donors (Lipinski definition) is 1. The summed E-state index contributed by atoms with van der Waals surface area (Å²) in [4.78, 5) is 27.2.